The number of carbonyl (C=O) groups excluding carboxylic acids is 1. The number of rotatable bonds is 6. The molecular formula is C11H12FNO5. The van der Waals surface area contributed by atoms with E-state index in [1.54, 1.807) is 6.92 Å². The monoisotopic (exact) mass is 257 g/mol. The molecule has 1 rings (SSSR count). The molecule has 18 heavy (non-hydrogen) atoms. The van der Waals surface area contributed by atoms with Crippen molar-refractivity contribution in [3.8, 4) is 5.75 Å². The Morgan fingerprint density at radius 1 is 1.50 bits per heavy atom. The summed E-state index contributed by atoms with van der Waals surface area (Å²) in [4.78, 5) is 20.5. The smallest absolute Gasteiger partial charge is 0.309 e. The van der Waals surface area contributed by atoms with Crippen LogP contribution < -0.4 is 4.74 Å². The van der Waals surface area contributed by atoms with Gasteiger partial charge in [0.25, 0.3) is 0 Å². The lowest BCUT2D eigenvalue weighted by Crippen LogP contribution is -2.09. The highest BCUT2D eigenvalue weighted by Crippen LogP contribution is 2.22. The highest BCUT2D eigenvalue weighted by molar-refractivity contribution is 5.69. The fourth-order valence-electron chi connectivity index (χ4n) is 1.21. The maximum absolute atomic E-state index is 13.2. The second-order valence-corrected chi connectivity index (χ2v) is 3.27. The van der Waals surface area contributed by atoms with Gasteiger partial charge in [0.05, 0.1) is 24.6 Å². The van der Waals surface area contributed by atoms with Crippen molar-refractivity contribution in [1.29, 1.82) is 0 Å². The van der Waals surface area contributed by atoms with Gasteiger partial charge in [0.2, 0.25) is 5.82 Å². The fraction of sp³-hybridized carbons (Fsp3) is 0.364. The average molecular weight is 257 g/mol. The Balaban J connectivity index is 2.51. The van der Waals surface area contributed by atoms with Gasteiger partial charge in [-0.15, -0.1) is 0 Å². The zero-order valence-electron chi connectivity index (χ0n) is 9.72. The van der Waals surface area contributed by atoms with E-state index < -0.39 is 22.4 Å². The number of nitro benzene ring substituents is 1. The fourth-order valence-corrected chi connectivity index (χ4v) is 1.21. The second-order valence-electron chi connectivity index (χ2n) is 3.27. The molecule has 0 saturated heterocycles. The summed E-state index contributed by atoms with van der Waals surface area (Å²) in [6.45, 7) is 1.99. The van der Waals surface area contributed by atoms with E-state index in [1.807, 2.05) is 0 Å². The zero-order valence-corrected chi connectivity index (χ0v) is 9.72. The van der Waals surface area contributed by atoms with Gasteiger partial charge in [-0.3, -0.25) is 14.9 Å². The molecule has 0 atom stereocenters. The van der Waals surface area contributed by atoms with Crippen molar-refractivity contribution >= 4 is 11.7 Å². The molecule has 0 bridgehead atoms. The predicted octanol–water partition coefficient (Wildman–Crippen LogP) is 2.07. The molecule has 0 spiro atoms. The van der Waals surface area contributed by atoms with Crippen LogP contribution in [0.4, 0.5) is 10.1 Å². The van der Waals surface area contributed by atoms with Crippen LogP contribution in [0.5, 0.6) is 5.75 Å². The maximum atomic E-state index is 13.2. The van der Waals surface area contributed by atoms with E-state index >= 15 is 0 Å². The highest BCUT2D eigenvalue weighted by Gasteiger charge is 2.14. The summed E-state index contributed by atoms with van der Waals surface area (Å²) >= 11 is 0. The van der Waals surface area contributed by atoms with E-state index in [1.165, 1.54) is 6.07 Å². The molecule has 0 aliphatic carbocycles. The van der Waals surface area contributed by atoms with Crippen molar-refractivity contribution < 1.29 is 23.6 Å². The van der Waals surface area contributed by atoms with Gasteiger partial charge in [0.1, 0.15) is 5.75 Å². The standard InChI is InChI=1S/C11H12FNO5/c1-2-17-11(14)5-6-18-8-3-4-10(13(15)16)9(12)7-8/h3-4,7H,2,5-6H2,1H3. The van der Waals surface area contributed by atoms with Crippen molar-refractivity contribution in [3.63, 3.8) is 0 Å². The number of carbonyl (C=O) groups is 1. The Bertz CT molecular complexity index is 449. The maximum Gasteiger partial charge on any atom is 0.309 e. The molecule has 0 heterocycles. The Morgan fingerprint density at radius 3 is 2.78 bits per heavy atom. The number of hydrogen-bond acceptors (Lipinski definition) is 5. The molecule has 1 aromatic carbocycles. The van der Waals surface area contributed by atoms with Crippen LogP contribution in [-0.4, -0.2) is 24.1 Å². The van der Waals surface area contributed by atoms with Crippen LogP contribution in [-0.2, 0) is 9.53 Å². The number of hydrogen-bond donors (Lipinski definition) is 0. The Labute approximate surface area is 102 Å². The number of halogens is 1. The van der Waals surface area contributed by atoms with Gasteiger partial charge in [-0.05, 0) is 13.0 Å². The van der Waals surface area contributed by atoms with Gasteiger partial charge in [0, 0.05) is 12.1 Å². The van der Waals surface area contributed by atoms with Crippen molar-refractivity contribution in [1.82, 2.24) is 0 Å². The third-order valence-corrected chi connectivity index (χ3v) is 2.00. The quantitative estimate of drug-likeness (QED) is 0.443. The molecular weight excluding hydrogens is 245 g/mol. The lowest BCUT2D eigenvalue weighted by molar-refractivity contribution is -0.387. The number of nitrogens with zero attached hydrogens (tertiary/aromatic N) is 1. The Hall–Kier alpha value is -2.18. The molecule has 0 unspecified atom stereocenters. The molecule has 0 N–H and O–H groups in total. The van der Waals surface area contributed by atoms with E-state index in [9.17, 15) is 19.3 Å². The topological polar surface area (TPSA) is 78.7 Å². The Morgan fingerprint density at radius 2 is 2.22 bits per heavy atom. The summed E-state index contributed by atoms with van der Waals surface area (Å²) in [5, 5.41) is 10.4. The molecule has 6 nitrogen and oxygen atoms in total. The van der Waals surface area contributed by atoms with E-state index in [0.717, 1.165) is 12.1 Å². The molecule has 7 heteroatoms. The molecule has 0 aliphatic heterocycles. The summed E-state index contributed by atoms with van der Waals surface area (Å²) < 4.78 is 22.9. The molecule has 0 radical (unpaired) electrons. The van der Waals surface area contributed by atoms with Gasteiger partial charge in [0.15, 0.2) is 0 Å². The summed E-state index contributed by atoms with van der Waals surface area (Å²) in [6, 6.07) is 3.19. The molecule has 98 valence electrons. The molecule has 0 saturated carbocycles. The Kier molecular flexibility index (Phi) is 5.04. The minimum atomic E-state index is -0.978. The van der Waals surface area contributed by atoms with E-state index in [2.05, 4.69) is 4.74 Å². The molecule has 0 aromatic heterocycles. The molecule has 1 aromatic rings. The SMILES string of the molecule is CCOC(=O)CCOc1ccc([N+](=O)[O-])c(F)c1. The molecule has 0 amide bonds. The minimum absolute atomic E-state index is 0.0239. The third kappa shape index (κ3) is 4.00. The highest BCUT2D eigenvalue weighted by atomic mass is 19.1. The minimum Gasteiger partial charge on any atom is -0.493 e. The molecule has 0 aliphatic rings. The third-order valence-electron chi connectivity index (χ3n) is 2.00. The number of esters is 1. The lowest BCUT2D eigenvalue weighted by atomic mass is 10.3. The first-order chi connectivity index (χ1) is 8.54. The number of ether oxygens (including phenoxy) is 2. The van der Waals surface area contributed by atoms with Crippen molar-refractivity contribution in [2.75, 3.05) is 13.2 Å². The molecule has 0 fully saturated rings. The van der Waals surface area contributed by atoms with Gasteiger partial charge < -0.3 is 9.47 Å². The van der Waals surface area contributed by atoms with Gasteiger partial charge in [-0.1, -0.05) is 0 Å². The number of benzene rings is 1. The van der Waals surface area contributed by atoms with E-state index in [4.69, 9.17) is 4.74 Å². The van der Waals surface area contributed by atoms with E-state index in [-0.39, 0.29) is 25.4 Å². The van der Waals surface area contributed by atoms with Gasteiger partial charge in [-0.25, -0.2) is 0 Å². The largest absolute Gasteiger partial charge is 0.493 e. The van der Waals surface area contributed by atoms with Crippen LogP contribution >= 0.6 is 0 Å². The van der Waals surface area contributed by atoms with Gasteiger partial charge >= 0.3 is 11.7 Å². The van der Waals surface area contributed by atoms with Crippen LogP contribution in [0.1, 0.15) is 13.3 Å². The summed E-state index contributed by atoms with van der Waals surface area (Å²) in [7, 11) is 0. The first kappa shape index (κ1) is 13.9. The van der Waals surface area contributed by atoms with Crippen molar-refractivity contribution in [2.45, 2.75) is 13.3 Å². The summed E-state index contributed by atoms with van der Waals surface area (Å²) in [5.74, 6) is -1.27. The first-order valence-electron chi connectivity index (χ1n) is 5.27. The second kappa shape index (κ2) is 6.53. The predicted molar refractivity (Wildman–Crippen MR) is 59.8 cm³/mol. The van der Waals surface area contributed by atoms with Crippen LogP contribution in [0.25, 0.3) is 0 Å². The normalized spacial score (nSPS) is 9.89. The average Bonchev–Trinajstić information content (AvgIpc) is 2.29. The lowest BCUT2D eigenvalue weighted by Gasteiger charge is -2.05. The van der Waals surface area contributed by atoms with Gasteiger partial charge in [-0.2, -0.15) is 4.39 Å². The van der Waals surface area contributed by atoms with E-state index in [0.29, 0.717) is 0 Å². The first-order valence-corrected chi connectivity index (χ1v) is 5.27. The zero-order chi connectivity index (χ0) is 13.5. The summed E-state index contributed by atoms with van der Waals surface area (Å²) in [5.41, 5.74) is -0.618. The van der Waals surface area contributed by atoms with Crippen molar-refractivity contribution in [2.24, 2.45) is 0 Å². The number of nitro groups is 1. The van der Waals surface area contributed by atoms with Crippen LogP contribution in [0.3, 0.4) is 0 Å². The van der Waals surface area contributed by atoms with Crippen molar-refractivity contribution in [3.05, 3.63) is 34.1 Å². The van der Waals surface area contributed by atoms with Crippen LogP contribution in [0.15, 0.2) is 18.2 Å². The van der Waals surface area contributed by atoms with Crippen LogP contribution in [0, 0.1) is 15.9 Å². The summed E-state index contributed by atoms with van der Waals surface area (Å²) in [6.07, 6.45) is 0.0342. The van der Waals surface area contributed by atoms with Crippen LogP contribution in [0.2, 0.25) is 0 Å².